The van der Waals surface area contributed by atoms with Crippen LogP contribution in [-0.2, 0) is 4.79 Å². The summed E-state index contributed by atoms with van der Waals surface area (Å²) in [5.41, 5.74) is 2.24. The van der Waals surface area contributed by atoms with Crippen LogP contribution in [0, 0.1) is 5.92 Å². The molecular weight excluding hydrogens is 320 g/mol. The van der Waals surface area contributed by atoms with Gasteiger partial charge in [-0.15, -0.1) is 12.4 Å². The average Bonchev–Trinajstić information content (AvgIpc) is 2.61. The molecule has 2 aromatic rings. The third-order valence-electron chi connectivity index (χ3n) is 4.55. The van der Waals surface area contributed by atoms with Crippen molar-refractivity contribution in [1.29, 1.82) is 0 Å². The van der Waals surface area contributed by atoms with Crippen LogP contribution in [0.15, 0.2) is 60.7 Å². The lowest BCUT2D eigenvalue weighted by molar-refractivity contribution is -0.126. The second kappa shape index (κ2) is 8.86. The Morgan fingerprint density at radius 1 is 1.04 bits per heavy atom. The summed E-state index contributed by atoms with van der Waals surface area (Å²) in [6.07, 6.45) is 1.81. The van der Waals surface area contributed by atoms with Gasteiger partial charge < -0.3 is 10.6 Å². The van der Waals surface area contributed by atoms with Gasteiger partial charge in [-0.05, 0) is 37.4 Å². The topological polar surface area (TPSA) is 41.1 Å². The Morgan fingerprint density at radius 2 is 1.58 bits per heavy atom. The van der Waals surface area contributed by atoms with Crippen LogP contribution in [0.4, 0.5) is 0 Å². The van der Waals surface area contributed by atoms with Gasteiger partial charge in [-0.2, -0.15) is 0 Å². The number of amides is 1. The zero-order valence-corrected chi connectivity index (χ0v) is 14.8. The van der Waals surface area contributed by atoms with Gasteiger partial charge in [-0.25, -0.2) is 0 Å². The van der Waals surface area contributed by atoms with E-state index in [1.54, 1.807) is 0 Å². The molecule has 3 nitrogen and oxygen atoms in total. The molecular formula is C20H25ClN2O. The number of hydrogen-bond donors (Lipinski definition) is 2. The molecule has 0 radical (unpaired) electrons. The van der Waals surface area contributed by atoms with Crippen molar-refractivity contribution < 1.29 is 4.79 Å². The molecule has 24 heavy (non-hydrogen) atoms. The molecule has 3 rings (SSSR count). The zero-order valence-electron chi connectivity index (χ0n) is 13.9. The summed E-state index contributed by atoms with van der Waals surface area (Å²) in [6, 6.07) is 20.7. The molecule has 1 aliphatic heterocycles. The van der Waals surface area contributed by atoms with Gasteiger partial charge in [0.05, 0.1) is 6.04 Å². The van der Waals surface area contributed by atoms with Crippen LogP contribution in [0.25, 0.3) is 0 Å². The quantitative estimate of drug-likeness (QED) is 0.887. The highest BCUT2D eigenvalue weighted by Crippen LogP contribution is 2.24. The van der Waals surface area contributed by atoms with E-state index in [0.717, 1.165) is 30.5 Å². The maximum Gasteiger partial charge on any atom is 0.223 e. The predicted octanol–water partition coefficient (Wildman–Crippen LogP) is 3.70. The fraction of sp³-hybridized carbons (Fsp3) is 0.350. The first-order valence-electron chi connectivity index (χ1n) is 8.37. The number of piperidine rings is 1. The minimum absolute atomic E-state index is 0. The molecule has 2 N–H and O–H groups in total. The maximum atomic E-state index is 12.8. The molecule has 1 amide bonds. The summed E-state index contributed by atoms with van der Waals surface area (Å²) in [5.74, 6) is 0.261. The van der Waals surface area contributed by atoms with Crippen LogP contribution in [0.5, 0.6) is 0 Å². The number of carbonyl (C=O) groups is 1. The highest BCUT2D eigenvalue weighted by atomic mass is 35.5. The van der Waals surface area contributed by atoms with Gasteiger partial charge in [0, 0.05) is 12.0 Å². The van der Waals surface area contributed by atoms with Crippen molar-refractivity contribution in [2.45, 2.75) is 31.8 Å². The monoisotopic (exact) mass is 344 g/mol. The predicted molar refractivity (Wildman–Crippen MR) is 100 cm³/mol. The smallest absolute Gasteiger partial charge is 0.223 e. The van der Waals surface area contributed by atoms with E-state index in [2.05, 4.69) is 41.8 Å². The van der Waals surface area contributed by atoms with Crippen LogP contribution in [-0.4, -0.2) is 18.5 Å². The normalized spacial score (nSPS) is 20.2. The van der Waals surface area contributed by atoms with E-state index in [-0.39, 0.29) is 30.3 Å². The minimum atomic E-state index is -0.0879. The lowest BCUT2D eigenvalue weighted by Gasteiger charge is -2.29. The minimum Gasteiger partial charge on any atom is -0.345 e. The molecule has 1 heterocycles. The van der Waals surface area contributed by atoms with Crippen molar-refractivity contribution in [1.82, 2.24) is 10.6 Å². The molecule has 0 aromatic heterocycles. The van der Waals surface area contributed by atoms with Crippen molar-refractivity contribution in [2.24, 2.45) is 5.92 Å². The number of hydrogen-bond acceptors (Lipinski definition) is 2. The SMILES string of the molecule is C[C@H]1C[C@@H](C(=O)NC(c2ccccc2)c2ccccc2)CCN1.Cl. The Hall–Kier alpha value is -1.84. The van der Waals surface area contributed by atoms with Gasteiger partial charge in [0.2, 0.25) is 5.91 Å². The van der Waals surface area contributed by atoms with E-state index in [4.69, 9.17) is 0 Å². The fourth-order valence-electron chi connectivity index (χ4n) is 3.28. The van der Waals surface area contributed by atoms with E-state index in [0.29, 0.717) is 6.04 Å². The first-order chi connectivity index (χ1) is 11.2. The third kappa shape index (κ3) is 4.59. The summed E-state index contributed by atoms with van der Waals surface area (Å²) in [4.78, 5) is 12.8. The van der Waals surface area contributed by atoms with E-state index >= 15 is 0 Å². The number of carbonyl (C=O) groups excluding carboxylic acids is 1. The summed E-state index contributed by atoms with van der Waals surface area (Å²) >= 11 is 0. The molecule has 0 bridgehead atoms. The summed E-state index contributed by atoms with van der Waals surface area (Å²) in [6.45, 7) is 3.06. The van der Waals surface area contributed by atoms with Gasteiger partial charge >= 0.3 is 0 Å². The van der Waals surface area contributed by atoms with E-state index in [1.165, 1.54) is 0 Å². The molecule has 0 aliphatic carbocycles. The number of rotatable bonds is 4. The summed E-state index contributed by atoms with van der Waals surface area (Å²) < 4.78 is 0. The number of nitrogens with one attached hydrogen (secondary N) is 2. The van der Waals surface area contributed by atoms with E-state index < -0.39 is 0 Å². The van der Waals surface area contributed by atoms with Gasteiger partial charge in [-0.3, -0.25) is 4.79 Å². The van der Waals surface area contributed by atoms with Gasteiger partial charge in [0.15, 0.2) is 0 Å². The van der Waals surface area contributed by atoms with Crippen molar-refractivity contribution >= 4 is 18.3 Å². The fourth-order valence-corrected chi connectivity index (χ4v) is 3.28. The summed E-state index contributed by atoms with van der Waals surface area (Å²) in [5, 5.41) is 6.68. The molecule has 1 fully saturated rings. The van der Waals surface area contributed by atoms with Crippen molar-refractivity contribution in [3.05, 3.63) is 71.8 Å². The Balaban J connectivity index is 0.00000208. The lowest BCUT2D eigenvalue weighted by Crippen LogP contribution is -2.43. The second-order valence-electron chi connectivity index (χ2n) is 6.34. The first-order valence-corrected chi connectivity index (χ1v) is 8.37. The van der Waals surface area contributed by atoms with E-state index in [9.17, 15) is 4.79 Å². The average molecular weight is 345 g/mol. The van der Waals surface area contributed by atoms with Gasteiger partial charge in [0.25, 0.3) is 0 Å². The molecule has 0 spiro atoms. The maximum absolute atomic E-state index is 12.8. The van der Waals surface area contributed by atoms with Crippen molar-refractivity contribution in [3.63, 3.8) is 0 Å². The van der Waals surface area contributed by atoms with E-state index in [1.807, 2.05) is 36.4 Å². The molecule has 2 aromatic carbocycles. The van der Waals surface area contributed by atoms with Crippen LogP contribution in [0.1, 0.15) is 36.9 Å². The molecule has 2 atom stereocenters. The third-order valence-corrected chi connectivity index (χ3v) is 4.55. The van der Waals surface area contributed by atoms with Crippen LogP contribution < -0.4 is 10.6 Å². The van der Waals surface area contributed by atoms with Gasteiger partial charge in [0.1, 0.15) is 0 Å². The Kier molecular flexibility index (Phi) is 6.83. The van der Waals surface area contributed by atoms with Crippen LogP contribution in [0.3, 0.4) is 0 Å². The Bertz CT molecular complexity index is 593. The lowest BCUT2D eigenvalue weighted by atomic mass is 9.91. The highest BCUT2D eigenvalue weighted by molar-refractivity contribution is 5.85. The highest BCUT2D eigenvalue weighted by Gasteiger charge is 2.27. The van der Waals surface area contributed by atoms with Crippen molar-refractivity contribution in [3.8, 4) is 0 Å². The molecule has 1 saturated heterocycles. The Labute approximate surface area is 150 Å². The number of benzene rings is 2. The van der Waals surface area contributed by atoms with Gasteiger partial charge in [-0.1, -0.05) is 60.7 Å². The van der Waals surface area contributed by atoms with Crippen LogP contribution >= 0.6 is 12.4 Å². The molecule has 1 aliphatic rings. The molecule has 4 heteroatoms. The summed E-state index contributed by atoms with van der Waals surface area (Å²) in [7, 11) is 0. The standard InChI is InChI=1S/C20H24N2O.ClH/c1-15-14-18(12-13-21-15)20(23)22-19(16-8-4-2-5-9-16)17-10-6-3-7-11-17;/h2-11,15,18-19,21H,12-14H2,1H3,(H,22,23);1H/t15-,18-;/m0./s1. The second-order valence-corrected chi connectivity index (χ2v) is 6.34. The van der Waals surface area contributed by atoms with Crippen molar-refractivity contribution in [2.75, 3.05) is 6.54 Å². The first kappa shape index (κ1) is 18.5. The Morgan fingerprint density at radius 3 is 2.08 bits per heavy atom. The molecule has 128 valence electrons. The molecule has 0 unspecified atom stereocenters. The number of halogens is 1. The van der Waals surface area contributed by atoms with Crippen LogP contribution in [0.2, 0.25) is 0 Å². The molecule has 0 saturated carbocycles. The largest absolute Gasteiger partial charge is 0.345 e. The zero-order chi connectivity index (χ0) is 16.1.